The van der Waals surface area contributed by atoms with Crippen LogP contribution in [0.5, 0.6) is 0 Å². The quantitative estimate of drug-likeness (QED) is 0.771. The van der Waals surface area contributed by atoms with Gasteiger partial charge in [-0.3, -0.25) is 4.79 Å². The van der Waals surface area contributed by atoms with E-state index in [9.17, 15) is 4.79 Å². The summed E-state index contributed by atoms with van der Waals surface area (Å²) in [6, 6.07) is -0.327. The van der Waals surface area contributed by atoms with Gasteiger partial charge in [0.2, 0.25) is 5.91 Å². The summed E-state index contributed by atoms with van der Waals surface area (Å²) >= 11 is 1.78. The van der Waals surface area contributed by atoms with Crippen molar-refractivity contribution in [2.45, 2.75) is 50.8 Å². The molecule has 24 heavy (non-hydrogen) atoms. The second-order valence-electron chi connectivity index (χ2n) is 7.29. The largest absolute Gasteiger partial charge is 0.341 e. The molecule has 0 saturated carbocycles. The van der Waals surface area contributed by atoms with Gasteiger partial charge < -0.3 is 15.5 Å². The lowest BCUT2D eigenvalue weighted by molar-refractivity contribution is -0.133. The first-order chi connectivity index (χ1) is 10.5. The highest BCUT2D eigenvalue weighted by Crippen LogP contribution is 2.32. The summed E-state index contributed by atoms with van der Waals surface area (Å²) in [5.41, 5.74) is 6.07. The molecule has 0 spiro atoms. The fourth-order valence-electron chi connectivity index (χ4n) is 3.69. The average molecular weight is 400 g/mol. The smallest absolute Gasteiger partial charge is 0.240 e. The number of likely N-dealkylation sites (tertiary alicyclic amines) is 2. The van der Waals surface area contributed by atoms with Crippen LogP contribution in [-0.4, -0.2) is 66.0 Å². The molecule has 2 fully saturated rings. The number of thioether (sulfide) groups is 1. The average Bonchev–Trinajstić information content (AvgIpc) is 2.53. The van der Waals surface area contributed by atoms with Crippen LogP contribution in [0.2, 0.25) is 0 Å². The number of carbonyl (C=O) groups excluding carboxylic acids is 1. The molecule has 4 nitrogen and oxygen atoms in total. The molecule has 144 valence electrons. The summed E-state index contributed by atoms with van der Waals surface area (Å²) in [7, 11) is 2.22. The Hall–Kier alpha value is 0.320. The van der Waals surface area contributed by atoms with Crippen molar-refractivity contribution in [1.82, 2.24) is 9.80 Å². The van der Waals surface area contributed by atoms with Crippen LogP contribution in [0.25, 0.3) is 0 Å². The maximum absolute atomic E-state index is 12.4. The molecule has 0 aromatic heterocycles. The van der Waals surface area contributed by atoms with E-state index in [1.165, 1.54) is 38.8 Å². The van der Waals surface area contributed by atoms with Crippen LogP contribution in [0, 0.1) is 11.8 Å². The second kappa shape index (κ2) is 11.8. The van der Waals surface area contributed by atoms with Gasteiger partial charge in [-0.1, -0.05) is 13.8 Å². The molecule has 1 amide bonds. The first kappa shape index (κ1) is 24.3. The topological polar surface area (TPSA) is 49.6 Å². The van der Waals surface area contributed by atoms with E-state index in [2.05, 4.69) is 25.8 Å². The van der Waals surface area contributed by atoms with Crippen LogP contribution in [0.1, 0.15) is 39.5 Å². The predicted molar refractivity (Wildman–Crippen MR) is 110 cm³/mol. The van der Waals surface area contributed by atoms with Gasteiger partial charge in [0.05, 0.1) is 6.04 Å². The number of rotatable bonds is 5. The van der Waals surface area contributed by atoms with E-state index >= 15 is 0 Å². The van der Waals surface area contributed by atoms with Crippen molar-refractivity contribution in [2.75, 3.05) is 39.0 Å². The molecular formula is C17H35Cl2N3OS. The first-order valence-electron chi connectivity index (χ1n) is 8.82. The molecule has 7 heteroatoms. The Balaban J connectivity index is 0.00000264. The fourth-order valence-corrected chi connectivity index (χ4v) is 4.43. The molecule has 2 heterocycles. The van der Waals surface area contributed by atoms with Crippen molar-refractivity contribution in [3.63, 3.8) is 0 Å². The third-order valence-corrected chi connectivity index (χ3v) is 6.43. The van der Waals surface area contributed by atoms with Crippen molar-refractivity contribution >= 4 is 42.5 Å². The second-order valence-corrected chi connectivity index (χ2v) is 8.90. The third kappa shape index (κ3) is 7.28. The minimum atomic E-state index is -0.327. The van der Waals surface area contributed by atoms with Gasteiger partial charge in [0.1, 0.15) is 0 Å². The molecule has 0 aromatic rings. The van der Waals surface area contributed by atoms with Crippen LogP contribution in [0.4, 0.5) is 0 Å². The lowest BCUT2D eigenvalue weighted by Crippen LogP contribution is -2.49. The summed E-state index contributed by atoms with van der Waals surface area (Å²) in [4.78, 5) is 16.9. The van der Waals surface area contributed by atoms with Crippen molar-refractivity contribution in [2.24, 2.45) is 17.6 Å². The number of hydrogen-bond donors (Lipinski definition) is 1. The molecule has 2 N–H and O–H groups in total. The minimum Gasteiger partial charge on any atom is -0.341 e. The lowest BCUT2D eigenvalue weighted by Gasteiger charge is -2.40. The van der Waals surface area contributed by atoms with Crippen LogP contribution >= 0.6 is 36.6 Å². The molecule has 2 aliphatic heterocycles. The Bertz CT molecular complexity index is 358. The van der Waals surface area contributed by atoms with Crippen molar-refractivity contribution in [1.29, 1.82) is 0 Å². The van der Waals surface area contributed by atoms with Gasteiger partial charge in [0, 0.05) is 18.8 Å². The highest BCUT2D eigenvalue weighted by molar-refractivity contribution is 7.99. The third-order valence-electron chi connectivity index (χ3n) is 5.21. The number of hydrogen-bond acceptors (Lipinski definition) is 4. The molecule has 2 saturated heterocycles. The molecular weight excluding hydrogens is 365 g/mol. The zero-order valence-electron chi connectivity index (χ0n) is 15.3. The van der Waals surface area contributed by atoms with Crippen LogP contribution < -0.4 is 5.73 Å². The van der Waals surface area contributed by atoms with Crippen molar-refractivity contribution in [3.05, 3.63) is 0 Å². The lowest BCUT2D eigenvalue weighted by atomic mass is 9.79. The molecule has 2 rings (SSSR count). The standard InChI is InChI=1S/C17H33N3OS.2ClH/c1-13(2)22-12-16(18)17(21)20-10-6-15(7-11-20)14-4-8-19(3)9-5-14;;/h13-16H,4-12,18H2,1-3H3;2*1H/t16-;;/m1../s1. The molecule has 0 bridgehead atoms. The van der Waals surface area contributed by atoms with Gasteiger partial charge in [-0.15, -0.1) is 24.8 Å². The van der Waals surface area contributed by atoms with Gasteiger partial charge in [-0.05, 0) is 62.9 Å². The molecule has 1 atom stereocenters. The highest BCUT2D eigenvalue weighted by Gasteiger charge is 2.31. The number of carbonyl (C=O) groups is 1. The van der Waals surface area contributed by atoms with E-state index in [1.54, 1.807) is 11.8 Å². The Kier molecular flexibility index (Phi) is 12.0. The van der Waals surface area contributed by atoms with Gasteiger partial charge in [-0.25, -0.2) is 0 Å². The summed E-state index contributed by atoms with van der Waals surface area (Å²) in [6.07, 6.45) is 5.01. The maximum atomic E-state index is 12.4. The van der Waals surface area contributed by atoms with Crippen molar-refractivity contribution in [3.8, 4) is 0 Å². The van der Waals surface area contributed by atoms with E-state index in [4.69, 9.17) is 5.73 Å². The number of nitrogens with zero attached hydrogens (tertiary/aromatic N) is 2. The zero-order valence-corrected chi connectivity index (χ0v) is 17.7. The SMILES string of the molecule is CC(C)SC[C@@H](N)C(=O)N1CCC(C2CCN(C)CC2)CC1.Cl.Cl. The molecule has 0 aliphatic carbocycles. The minimum absolute atomic E-state index is 0. The number of amides is 1. The van der Waals surface area contributed by atoms with Crippen molar-refractivity contribution < 1.29 is 4.79 Å². The Morgan fingerprint density at radius 1 is 1.04 bits per heavy atom. The van der Waals surface area contributed by atoms with Crippen LogP contribution in [0.3, 0.4) is 0 Å². The summed E-state index contributed by atoms with van der Waals surface area (Å²) in [5, 5.41) is 0.536. The Morgan fingerprint density at radius 3 is 1.96 bits per heavy atom. The summed E-state index contributed by atoms with van der Waals surface area (Å²) < 4.78 is 0. The summed E-state index contributed by atoms with van der Waals surface area (Å²) in [5.74, 6) is 2.60. The normalized spacial score (nSPS) is 22.0. The van der Waals surface area contributed by atoms with Gasteiger partial charge >= 0.3 is 0 Å². The van der Waals surface area contributed by atoms with Gasteiger partial charge in [-0.2, -0.15) is 11.8 Å². The number of halogens is 2. The van der Waals surface area contributed by atoms with Gasteiger partial charge in [0.15, 0.2) is 0 Å². The maximum Gasteiger partial charge on any atom is 0.240 e. The number of piperidine rings is 2. The molecule has 0 unspecified atom stereocenters. The van der Waals surface area contributed by atoms with Crippen LogP contribution in [-0.2, 0) is 4.79 Å². The fraction of sp³-hybridized carbons (Fsp3) is 0.941. The highest BCUT2D eigenvalue weighted by atomic mass is 35.5. The molecule has 0 radical (unpaired) electrons. The van der Waals surface area contributed by atoms with E-state index in [0.717, 1.165) is 30.7 Å². The first-order valence-corrected chi connectivity index (χ1v) is 9.86. The van der Waals surface area contributed by atoms with E-state index in [-0.39, 0.29) is 36.8 Å². The molecule has 0 aromatic carbocycles. The van der Waals surface area contributed by atoms with E-state index in [1.807, 2.05) is 4.90 Å². The predicted octanol–water partition coefficient (Wildman–Crippen LogP) is 2.88. The van der Waals surface area contributed by atoms with Crippen LogP contribution in [0.15, 0.2) is 0 Å². The zero-order chi connectivity index (χ0) is 16.1. The Morgan fingerprint density at radius 2 is 1.50 bits per heavy atom. The van der Waals surface area contributed by atoms with E-state index < -0.39 is 0 Å². The monoisotopic (exact) mass is 399 g/mol. The van der Waals surface area contributed by atoms with Gasteiger partial charge in [0.25, 0.3) is 0 Å². The molecule has 2 aliphatic rings. The number of nitrogens with two attached hydrogens (primary N) is 1. The summed E-state index contributed by atoms with van der Waals surface area (Å²) in [6.45, 7) is 8.60. The Labute approximate surface area is 164 Å². The van der Waals surface area contributed by atoms with E-state index in [0.29, 0.717) is 5.25 Å².